The molecular formula is C21H24ClN5OS. The fourth-order valence-electron chi connectivity index (χ4n) is 3.91. The van der Waals surface area contributed by atoms with Crippen LogP contribution in [0, 0.1) is 11.8 Å². The number of nitrogens with zero attached hydrogens (tertiary/aromatic N) is 3. The Morgan fingerprint density at radius 3 is 2.66 bits per heavy atom. The number of thiazole rings is 1. The van der Waals surface area contributed by atoms with Gasteiger partial charge in [-0.3, -0.25) is 0 Å². The van der Waals surface area contributed by atoms with Gasteiger partial charge in [-0.05, 0) is 56.1 Å². The number of aliphatic hydroxyl groups is 1. The average Bonchev–Trinajstić information content (AvgIpc) is 3.27. The highest BCUT2D eigenvalue weighted by molar-refractivity contribution is 7.21. The summed E-state index contributed by atoms with van der Waals surface area (Å²) in [5.41, 5.74) is 1.71. The van der Waals surface area contributed by atoms with Crippen LogP contribution in [0.25, 0.3) is 20.8 Å². The smallest absolute Gasteiger partial charge is 0.226 e. The van der Waals surface area contributed by atoms with Crippen LogP contribution in [0.15, 0.2) is 24.3 Å². The molecule has 2 atom stereocenters. The topological polar surface area (TPSA) is 83.0 Å². The molecule has 0 amide bonds. The maximum Gasteiger partial charge on any atom is 0.226 e. The molecule has 5 rings (SSSR count). The predicted octanol–water partition coefficient (Wildman–Crippen LogP) is 4.80. The second kappa shape index (κ2) is 8.05. The lowest BCUT2D eigenvalue weighted by atomic mass is 10.1. The van der Waals surface area contributed by atoms with E-state index in [4.69, 9.17) is 21.6 Å². The zero-order valence-electron chi connectivity index (χ0n) is 16.1. The number of aromatic nitrogens is 3. The fraction of sp³-hybridized carbons (Fsp3) is 0.476. The summed E-state index contributed by atoms with van der Waals surface area (Å²) in [6, 6.07) is 8.34. The Kier molecular flexibility index (Phi) is 5.28. The molecule has 152 valence electrons. The van der Waals surface area contributed by atoms with E-state index in [2.05, 4.69) is 21.7 Å². The lowest BCUT2D eigenvalue weighted by Gasteiger charge is -2.17. The van der Waals surface area contributed by atoms with Crippen LogP contribution in [0.3, 0.4) is 0 Å². The van der Waals surface area contributed by atoms with Gasteiger partial charge in [0, 0.05) is 19.2 Å². The van der Waals surface area contributed by atoms with Crippen molar-refractivity contribution in [1.82, 2.24) is 15.0 Å². The molecule has 2 aliphatic rings. The minimum absolute atomic E-state index is 0.238. The Morgan fingerprint density at radius 1 is 1.07 bits per heavy atom. The zero-order valence-corrected chi connectivity index (χ0v) is 17.6. The average molecular weight is 430 g/mol. The highest BCUT2D eigenvalue weighted by atomic mass is 35.5. The number of nitrogens with one attached hydrogen (secondary N) is 2. The summed E-state index contributed by atoms with van der Waals surface area (Å²) < 4.78 is 1.11. The van der Waals surface area contributed by atoms with E-state index in [9.17, 15) is 5.11 Å². The molecule has 29 heavy (non-hydrogen) atoms. The van der Waals surface area contributed by atoms with Crippen molar-refractivity contribution < 1.29 is 5.11 Å². The number of aliphatic hydroxyl groups excluding tert-OH is 1. The summed E-state index contributed by atoms with van der Waals surface area (Å²) in [4.78, 5) is 14.1. The third-order valence-corrected chi connectivity index (χ3v) is 7.09. The lowest BCUT2D eigenvalue weighted by Crippen LogP contribution is -2.19. The number of hydrogen-bond acceptors (Lipinski definition) is 7. The Hall–Kier alpha value is -1.96. The largest absolute Gasteiger partial charge is 0.396 e. The molecular weight excluding hydrogens is 406 g/mol. The summed E-state index contributed by atoms with van der Waals surface area (Å²) in [7, 11) is 0. The molecule has 0 saturated heterocycles. The molecule has 3 aromatic rings. The molecule has 0 spiro atoms. The number of benzene rings is 1. The Bertz CT molecular complexity index is 988. The van der Waals surface area contributed by atoms with E-state index in [1.54, 1.807) is 11.3 Å². The van der Waals surface area contributed by atoms with E-state index in [1.807, 2.05) is 18.2 Å². The van der Waals surface area contributed by atoms with Crippen molar-refractivity contribution in [3.05, 3.63) is 29.4 Å². The van der Waals surface area contributed by atoms with Gasteiger partial charge in [-0.2, -0.15) is 4.98 Å². The summed E-state index contributed by atoms with van der Waals surface area (Å²) in [6.07, 6.45) is 5.50. The van der Waals surface area contributed by atoms with Crippen LogP contribution in [-0.4, -0.2) is 39.3 Å². The maximum absolute atomic E-state index is 9.49. The Balaban J connectivity index is 1.50. The van der Waals surface area contributed by atoms with Crippen molar-refractivity contribution >= 4 is 44.9 Å². The van der Waals surface area contributed by atoms with E-state index >= 15 is 0 Å². The molecule has 2 heterocycles. The van der Waals surface area contributed by atoms with Crippen molar-refractivity contribution in [2.24, 2.45) is 11.8 Å². The van der Waals surface area contributed by atoms with Crippen molar-refractivity contribution in [3.8, 4) is 10.6 Å². The van der Waals surface area contributed by atoms with Gasteiger partial charge >= 0.3 is 0 Å². The number of hydrogen-bond donors (Lipinski definition) is 3. The molecule has 0 bridgehead atoms. The Labute approximate surface area is 178 Å². The van der Waals surface area contributed by atoms with Gasteiger partial charge in [0.05, 0.1) is 15.8 Å². The first-order valence-corrected chi connectivity index (χ1v) is 11.4. The molecule has 8 heteroatoms. The zero-order chi connectivity index (χ0) is 19.8. The van der Waals surface area contributed by atoms with E-state index in [1.165, 1.54) is 12.8 Å². The predicted molar refractivity (Wildman–Crippen MR) is 119 cm³/mol. The molecule has 1 aromatic carbocycles. The third-order valence-electron chi connectivity index (χ3n) is 5.76. The second-order valence-corrected chi connectivity index (χ2v) is 9.46. The first kappa shape index (κ1) is 19.0. The summed E-state index contributed by atoms with van der Waals surface area (Å²) >= 11 is 8.26. The van der Waals surface area contributed by atoms with Crippen molar-refractivity contribution in [2.75, 3.05) is 23.8 Å². The van der Waals surface area contributed by atoms with Gasteiger partial charge in [-0.1, -0.05) is 23.7 Å². The Morgan fingerprint density at radius 2 is 1.90 bits per heavy atom. The van der Waals surface area contributed by atoms with E-state index < -0.39 is 0 Å². The minimum atomic E-state index is 0.238. The molecule has 2 saturated carbocycles. The van der Waals surface area contributed by atoms with Crippen LogP contribution >= 0.6 is 22.9 Å². The van der Waals surface area contributed by atoms with Crippen LogP contribution in [0.5, 0.6) is 0 Å². The monoisotopic (exact) mass is 429 g/mol. The standard InChI is InChI=1S/C21H24ClN5OS/c22-18-17(20-25-15-3-1-2-4-16(15)29-20)19(24-14-8-7-13(9-14)11-28)27-21(26-18)23-10-12-5-6-12/h1-4,12-14,28H,5-11H2,(H2,23,24,26,27)/t13-,14+/m1/s1. The van der Waals surface area contributed by atoms with Gasteiger partial charge in [0.15, 0.2) is 0 Å². The van der Waals surface area contributed by atoms with Crippen LogP contribution in [-0.2, 0) is 0 Å². The highest BCUT2D eigenvalue weighted by Crippen LogP contribution is 2.40. The van der Waals surface area contributed by atoms with Crippen molar-refractivity contribution in [2.45, 2.75) is 38.1 Å². The van der Waals surface area contributed by atoms with Gasteiger partial charge in [0.2, 0.25) is 5.95 Å². The fourth-order valence-corrected chi connectivity index (χ4v) is 5.24. The van der Waals surface area contributed by atoms with Gasteiger partial charge in [0.25, 0.3) is 0 Å². The number of rotatable bonds is 7. The van der Waals surface area contributed by atoms with Gasteiger partial charge < -0.3 is 15.7 Å². The number of halogens is 1. The maximum atomic E-state index is 9.49. The van der Waals surface area contributed by atoms with Crippen molar-refractivity contribution in [3.63, 3.8) is 0 Å². The molecule has 0 radical (unpaired) electrons. The van der Waals surface area contributed by atoms with E-state index in [-0.39, 0.29) is 12.6 Å². The quantitative estimate of drug-likeness (QED) is 0.468. The molecule has 2 fully saturated rings. The number of anilines is 2. The minimum Gasteiger partial charge on any atom is -0.396 e. The van der Waals surface area contributed by atoms with Crippen molar-refractivity contribution in [1.29, 1.82) is 0 Å². The van der Waals surface area contributed by atoms with Gasteiger partial charge in [-0.25, -0.2) is 9.97 Å². The first-order valence-electron chi connectivity index (χ1n) is 10.2. The van der Waals surface area contributed by atoms with Crippen LogP contribution in [0.2, 0.25) is 5.15 Å². The molecule has 0 unspecified atom stereocenters. The molecule has 3 N–H and O–H groups in total. The second-order valence-electron chi connectivity index (χ2n) is 8.08. The van der Waals surface area contributed by atoms with Gasteiger partial charge in [0.1, 0.15) is 16.0 Å². The van der Waals surface area contributed by atoms with Gasteiger partial charge in [-0.15, -0.1) is 11.3 Å². The first-order chi connectivity index (χ1) is 14.2. The molecule has 2 aliphatic carbocycles. The number of para-hydroxylation sites is 1. The third kappa shape index (κ3) is 4.17. The normalized spacial score (nSPS) is 21.6. The summed E-state index contributed by atoms with van der Waals surface area (Å²) in [6.45, 7) is 1.12. The number of fused-ring (bicyclic) bond motifs is 1. The highest BCUT2D eigenvalue weighted by Gasteiger charge is 2.27. The SMILES string of the molecule is OC[C@@H]1CC[C@H](Nc2nc(NCC3CC3)nc(Cl)c2-c2nc3ccccc3s2)C1. The lowest BCUT2D eigenvalue weighted by molar-refractivity contribution is 0.229. The molecule has 0 aliphatic heterocycles. The van der Waals surface area contributed by atoms with Crippen LogP contribution in [0.1, 0.15) is 32.1 Å². The van der Waals surface area contributed by atoms with Crippen LogP contribution < -0.4 is 10.6 Å². The molecule has 2 aromatic heterocycles. The van der Waals surface area contributed by atoms with Crippen LogP contribution in [0.4, 0.5) is 11.8 Å². The molecule has 6 nitrogen and oxygen atoms in total. The van der Waals surface area contributed by atoms with E-state index in [0.717, 1.165) is 58.3 Å². The summed E-state index contributed by atoms with van der Waals surface area (Å²) in [5.74, 6) is 2.36. The van der Waals surface area contributed by atoms with E-state index in [0.29, 0.717) is 17.0 Å². The summed E-state index contributed by atoms with van der Waals surface area (Å²) in [5, 5.41) is 17.6.